The van der Waals surface area contributed by atoms with Gasteiger partial charge in [-0.15, -0.1) is 0 Å². The topological polar surface area (TPSA) is 58.9 Å². The lowest BCUT2D eigenvalue weighted by atomic mass is 10.0. The summed E-state index contributed by atoms with van der Waals surface area (Å²) in [5.41, 5.74) is 8.13. The molecule has 3 aromatic rings. The fourth-order valence-electron chi connectivity index (χ4n) is 2.14. The number of ketones is 1. The molecule has 0 atom stereocenters. The van der Waals surface area contributed by atoms with Crippen molar-refractivity contribution in [3.8, 4) is 0 Å². The molecule has 0 bridgehead atoms. The summed E-state index contributed by atoms with van der Waals surface area (Å²) in [5, 5.41) is 1.22. The number of carbonyl (C=O) groups excluding carboxylic acids is 1. The van der Waals surface area contributed by atoms with E-state index in [9.17, 15) is 4.79 Å². The second kappa shape index (κ2) is 4.96. The Morgan fingerprint density at radius 2 is 1.95 bits per heavy atom. The number of nitrogen functional groups attached to an aromatic ring is 1. The molecule has 0 aliphatic carbocycles. The molecule has 0 aliphatic rings. The van der Waals surface area contributed by atoms with Crippen LogP contribution in [0.25, 0.3) is 10.9 Å². The monoisotopic (exact) mass is 348 g/mol. The van der Waals surface area contributed by atoms with Gasteiger partial charge in [0.25, 0.3) is 0 Å². The molecular formula is C15H10BrClN2O. The standard InChI is InChI=1S/C15H10BrClN2O/c16-8-1-4-14-11(5-8)12(7-19-14)15(20)10-3-2-9(18)6-13(10)17/h1-7,19H,18H2. The molecule has 0 saturated carbocycles. The number of carbonyl (C=O) groups is 1. The van der Waals surface area contributed by atoms with Crippen LogP contribution in [-0.4, -0.2) is 10.8 Å². The van der Waals surface area contributed by atoms with Gasteiger partial charge >= 0.3 is 0 Å². The number of fused-ring (bicyclic) bond motifs is 1. The molecule has 2 aromatic carbocycles. The van der Waals surface area contributed by atoms with Crippen molar-refractivity contribution in [1.82, 2.24) is 4.98 Å². The Morgan fingerprint density at radius 3 is 2.70 bits per heavy atom. The van der Waals surface area contributed by atoms with Crippen molar-refractivity contribution in [3.05, 3.63) is 63.2 Å². The zero-order valence-corrected chi connectivity index (χ0v) is 12.6. The summed E-state index contributed by atoms with van der Waals surface area (Å²) < 4.78 is 0.919. The van der Waals surface area contributed by atoms with E-state index in [2.05, 4.69) is 20.9 Å². The van der Waals surface area contributed by atoms with Gasteiger partial charge in [0.1, 0.15) is 0 Å². The Hall–Kier alpha value is -1.78. The second-order valence-electron chi connectivity index (χ2n) is 4.46. The zero-order chi connectivity index (χ0) is 14.3. The lowest BCUT2D eigenvalue weighted by molar-refractivity contribution is 0.104. The van der Waals surface area contributed by atoms with Crippen molar-refractivity contribution in [2.75, 3.05) is 5.73 Å². The number of anilines is 1. The summed E-state index contributed by atoms with van der Waals surface area (Å²) in [6.07, 6.45) is 1.70. The average molecular weight is 350 g/mol. The highest BCUT2D eigenvalue weighted by atomic mass is 79.9. The van der Waals surface area contributed by atoms with Crippen LogP contribution in [0.2, 0.25) is 5.02 Å². The molecule has 0 fully saturated rings. The van der Waals surface area contributed by atoms with Crippen molar-refractivity contribution in [2.45, 2.75) is 0 Å². The van der Waals surface area contributed by atoms with Crippen molar-refractivity contribution < 1.29 is 4.79 Å². The molecule has 5 heteroatoms. The lowest BCUT2D eigenvalue weighted by Gasteiger charge is -2.04. The number of halogens is 2. The minimum Gasteiger partial charge on any atom is -0.399 e. The van der Waals surface area contributed by atoms with Crippen LogP contribution in [0.1, 0.15) is 15.9 Å². The number of hydrogen-bond donors (Lipinski definition) is 2. The van der Waals surface area contributed by atoms with Gasteiger partial charge in [0.15, 0.2) is 5.78 Å². The maximum atomic E-state index is 12.6. The molecule has 20 heavy (non-hydrogen) atoms. The van der Waals surface area contributed by atoms with Crippen molar-refractivity contribution >= 4 is 49.9 Å². The molecule has 0 amide bonds. The first-order valence-corrected chi connectivity index (χ1v) is 7.10. The van der Waals surface area contributed by atoms with E-state index in [1.807, 2.05) is 18.2 Å². The number of aromatic amines is 1. The zero-order valence-electron chi connectivity index (χ0n) is 10.3. The first-order chi connectivity index (χ1) is 9.56. The molecule has 100 valence electrons. The average Bonchev–Trinajstić information content (AvgIpc) is 2.81. The van der Waals surface area contributed by atoms with Crippen LogP contribution in [0.4, 0.5) is 5.69 Å². The molecular weight excluding hydrogens is 340 g/mol. The molecule has 0 saturated heterocycles. The maximum absolute atomic E-state index is 12.6. The number of rotatable bonds is 2. The van der Waals surface area contributed by atoms with Crippen molar-refractivity contribution in [3.63, 3.8) is 0 Å². The van der Waals surface area contributed by atoms with E-state index in [1.165, 1.54) is 0 Å². The summed E-state index contributed by atoms with van der Waals surface area (Å²) in [5.74, 6) is -0.126. The van der Waals surface area contributed by atoms with Gasteiger partial charge in [0.05, 0.1) is 5.02 Å². The van der Waals surface area contributed by atoms with Crippen LogP contribution < -0.4 is 5.73 Å². The Kier molecular flexibility index (Phi) is 3.28. The van der Waals surface area contributed by atoms with E-state index in [0.717, 1.165) is 15.4 Å². The highest BCUT2D eigenvalue weighted by molar-refractivity contribution is 9.10. The molecule has 0 aliphatic heterocycles. The summed E-state index contributed by atoms with van der Waals surface area (Å²) >= 11 is 9.52. The van der Waals surface area contributed by atoms with Gasteiger partial charge < -0.3 is 10.7 Å². The predicted molar refractivity (Wildman–Crippen MR) is 85.3 cm³/mol. The quantitative estimate of drug-likeness (QED) is 0.532. The van der Waals surface area contributed by atoms with Crippen LogP contribution in [0.5, 0.6) is 0 Å². The predicted octanol–water partition coefficient (Wildman–Crippen LogP) is 4.40. The minimum absolute atomic E-state index is 0.126. The minimum atomic E-state index is -0.126. The third kappa shape index (κ3) is 2.21. The second-order valence-corrected chi connectivity index (χ2v) is 5.78. The third-order valence-electron chi connectivity index (χ3n) is 3.13. The lowest BCUT2D eigenvalue weighted by Crippen LogP contribution is -2.02. The van der Waals surface area contributed by atoms with Crippen LogP contribution >= 0.6 is 27.5 Å². The first-order valence-electron chi connectivity index (χ1n) is 5.92. The molecule has 1 heterocycles. The smallest absolute Gasteiger partial charge is 0.196 e. The van der Waals surface area contributed by atoms with Gasteiger partial charge in [-0.2, -0.15) is 0 Å². The molecule has 0 radical (unpaired) electrons. The number of nitrogens with one attached hydrogen (secondary N) is 1. The van der Waals surface area contributed by atoms with E-state index >= 15 is 0 Å². The van der Waals surface area contributed by atoms with Crippen LogP contribution in [0, 0.1) is 0 Å². The highest BCUT2D eigenvalue weighted by Gasteiger charge is 2.17. The first kappa shape index (κ1) is 13.2. The summed E-state index contributed by atoms with van der Waals surface area (Å²) in [6, 6.07) is 10.6. The van der Waals surface area contributed by atoms with Crippen LogP contribution in [0.3, 0.4) is 0 Å². The van der Waals surface area contributed by atoms with E-state index in [0.29, 0.717) is 21.8 Å². The van der Waals surface area contributed by atoms with E-state index in [4.69, 9.17) is 17.3 Å². The molecule has 1 aromatic heterocycles. The van der Waals surface area contributed by atoms with Gasteiger partial charge in [-0.25, -0.2) is 0 Å². The number of aromatic nitrogens is 1. The van der Waals surface area contributed by atoms with Crippen molar-refractivity contribution in [2.24, 2.45) is 0 Å². The molecule has 0 spiro atoms. The molecule has 3 nitrogen and oxygen atoms in total. The van der Waals surface area contributed by atoms with Crippen molar-refractivity contribution in [1.29, 1.82) is 0 Å². The van der Waals surface area contributed by atoms with E-state index in [-0.39, 0.29) is 5.78 Å². The van der Waals surface area contributed by atoms with Gasteiger partial charge in [-0.3, -0.25) is 4.79 Å². The SMILES string of the molecule is Nc1ccc(C(=O)c2c[nH]c3ccc(Br)cc23)c(Cl)c1. The summed E-state index contributed by atoms with van der Waals surface area (Å²) in [4.78, 5) is 15.7. The Bertz CT molecular complexity index is 826. The van der Waals surface area contributed by atoms with E-state index < -0.39 is 0 Å². The van der Waals surface area contributed by atoms with Gasteiger partial charge in [0, 0.05) is 38.4 Å². The number of hydrogen-bond acceptors (Lipinski definition) is 2. The maximum Gasteiger partial charge on any atom is 0.196 e. The Morgan fingerprint density at radius 1 is 1.15 bits per heavy atom. The van der Waals surface area contributed by atoms with Gasteiger partial charge in [-0.1, -0.05) is 27.5 Å². The Balaban J connectivity index is 2.15. The highest BCUT2D eigenvalue weighted by Crippen LogP contribution is 2.27. The fraction of sp³-hybridized carbons (Fsp3) is 0. The Labute approximate surface area is 128 Å². The van der Waals surface area contributed by atoms with E-state index in [1.54, 1.807) is 24.4 Å². The van der Waals surface area contributed by atoms with Gasteiger partial charge in [0.2, 0.25) is 0 Å². The summed E-state index contributed by atoms with van der Waals surface area (Å²) in [6.45, 7) is 0. The van der Waals surface area contributed by atoms with Gasteiger partial charge in [-0.05, 0) is 36.4 Å². The molecule has 3 rings (SSSR count). The molecule has 0 unspecified atom stereocenters. The number of H-pyrrole nitrogens is 1. The largest absolute Gasteiger partial charge is 0.399 e. The van der Waals surface area contributed by atoms with Crippen LogP contribution in [0.15, 0.2) is 47.1 Å². The number of nitrogens with two attached hydrogens (primary N) is 1. The third-order valence-corrected chi connectivity index (χ3v) is 3.93. The normalized spacial score (nSPS) is 10.9. The molecule has 3 N–H and O–H groups in total. The summed E-state index contributed by atoms with van der Waals surface area (Å²) in [7, 11) is 0. The number of benzene rings is 2. The van der Waals surface area contributed by atoms with Crippen LogP contribution in [-0.2, 0) is 0 Å². The fourth-order valence-corrected chi connectivity index (χ4v) is 2.78.